The van der Waals surface area contributed by atoms with E-state index in [1.807, 2.05) is 38.1 Å². The molecule has 11 heteroatoms. The van der Waals surface area contributed by atoms with E-state index in [0.717, 1.165) is 27.0 Å². The molecule has 2 rings (SSSR count). The normalized spacial score (nSPS) is 13.1. The summed E-state index contributed by atoms with van der Waals surface area (Å²) in [6.07, 6.45) is 2.11. The molecule has 0 heterocycles. The van der Waals surface area contributed by atoms with Crippen molar-refractivity contribution < 1.29 is 18.0 Å². The number of amides is 2. The summed E-state index contributed by atoms with van der Waals surface area (Å²) < 4.78 is 27.0. The molecule has 0 saturated carbocycles. The maximum Gasteiger partial charge on any atom is 0.242 e. The number of halogens is 3. The number of nitrogens with zero attached hydrogens (tertiary/aromatic N) is 2. The zero-order chi connectivity index (χ0) is 27.0. The van der Waals surface area contributed by atoms with Crippen molar-refractivity contribution >= 4 is 66.7 Å². The second kappa shape index (κ2) is 13.7. The van der Waals surface area contributed by atoms with Gasteiger partial charge >= 0.3 is 0 Å². The minimum Gasteiger partial charge on any atom is -0.352 e. The third-order valence-electron chi connectivity index (χ3n) is 5.74. The number of sulfonamides is 1. The molecule has 2 amide bonds. The van der Waals surface area contributed by atoms with Crippen LogP contribution in [0.15, 0.2) is 46.9 Å². The van der Waals surface area contributed by atoms with E-state index in [4.69, 9.17) is 23.2 Å². The largest absolute Gasteiger partial charge is 0.352 e. The van der Waals surface area contributed by atoms with Crippen molar-refractivity contribution in [3.05, 3.63) is 62.5 Å². The molecule has 7 nitrogen and oxygen atoms in total. The third kappa shape index (κ3) is 8.94. The Kier molecular flexibility index (Phi) is 11.5. The van der Waals surface area contributed by atoms with Crippen LogP contribution in [0.1, 0.15) is 45.6 Å². The van der Waals surface area contributed by atoms with Crippen molar-refractivity contribution in [1.82, 2.24) is 10.2 Å². The van der Waals surface area contributed by atoms with Gasteiger partial charge in [0.25, 0.3) is 0 Å². The summed E-state index contributed by atoms with van der Waals surface area (Å²) >= 11 is 15.7. The Labute approximate surface area is 232 Å². The zero-order valence-electron chi connectivity index (χ0n) is 20.8. The van der Waals surface area contributed by atoms with Crippen LogP contribution in [0.4, 0.5) is 5.69 Å². The van der Waals surface area contributed by atoms with E-state index >= 15 is 0 Å². The predicted octanol–water partition coefficient (Wildman–Crippen LogP) is 5.63. The Balaban J connectivity index is 2.21. The van der Waals surface area contributed by atoms with Crippen LogP contribution in [-0.2, 0) is 26.2 Å². The van der Waals surface area contributed by atoms with E-state index in [0.29, 0.717) is 5.02 Å². The Morgan fingerprint density at radius 3 is 2.42 bits per heavy atom. The van der Waals surface area contributed by atoms with Gasteiger partial charge < -0.3 is 10.2 Å². The molecule has 1 N–H and O–H groups in total. The fourth-order valence-electron chi connectivity index (χ4n) is 3.54. The molecule has 0 unspecified atom stereocenters. The number of carbonyl (C=O) groups is 2. The van der Waals surface area contributed by atoms with Crippen LogP contribution in [-0.4, -0.2) is 50.0 Å². The summed E-state index contributed by atoms with van der Waals surface area (Å²) in [4.78, 5) is 27.7. The van der Waals surface area contributed by atoms with Crippen LogP contribution >= 0.6 is 39.1 Å². The maximum absolute atomic E-state index is 13.3. The molecule has 198 valence electrons. The first-order chi connectivity index (χ1) is 16.8. The van der Waals surface area contributed by atoms with E-state index in [1.54, 1.807) is 13.0 Å². The number of rotatable bonds is 12. The molecule has 0 aliphatic rings. The number of carbonyl (C=O) groups excluding carboxylic acids is 2. The lowest BCUT2D eigenvalue weighted by atomic mass is 10.1. The molecule has 0 aliphatic carbocycles. The average molecular weight is 621 g/mol. The van der Waals surface area contributed by atoms with Crippen LogP contribution in [0.25, 0.3) is 0 Å². The molecular formula is C25H32BrCl2N3O4S. The second-order valence-electron chi connectivity index (χ2n) is 8.68. The lowest BCUT2D eigenvalue weighted by Crippen LogP contribution is -2.49. The van der Waals surface area contributed by atoms with Gasteiger partial charge in [-0.1, -0.05) is 58.2 Å². The number of nitrogens with one attached hydrogen (secondary N) is 1. The van der Waals surface area contributed by atoms with Gasteiger partial charge in [0.15, 0.2) is 0 Å². The fraction of sp³-hybridized carbons (Fsp3) is 0.440. The van der Waals surface area contributed by atoms with Gasteiger partial charge in [-0.3, -0.25) is 13.9 Å². The van der Waals surface area contributed by atoms with Crippen LogP contribution in [0, 0.1) is 0 Å². The van der Waals surface area contributed by atoms with Gasteiger partial charge in [-0.15, -0.1) is 0 Å². The standard InChI is InChI=1S/C25H32BrCl2N3O4S/c1-5-17(2)29-25(33)18(3)30(16-19-8-6-9-20(26)14-19)24(32)10-7-13-31(36(4,34)35)23-15-21(27)11-12-22(23)28/h6,8-9,11-12,14-15,17-18H,5,7,10,13,16H2,1-4H3,(H,29,33)/t17-,18+/m0/s1. The van der Waals surface area contributed by atoms with Crippen molar-refractivity contribution in [2.24, 2.45) is 0 Å². The van der Waals surface area contributed by atoms with Gasteiger partial charge in [0.05, 0.1) is 17.0 Å². The van der Waals surface area contributed by atoms with Crippen LogP contribution in [0.2, 0.25) is 10.0 Å². The van der Waals surface area contributed by atoms with E-state index in [1.165, 1.54) is 17.0 Å². The Hall–Kier alpha value is -1.81. The highest BCUT2D eigenvalue weighted by Crippen LogP contribution is 2.31. The van der Waals surface area contributed by atoms with E-state index in [9.17, 15) is 18.0 Å². The number of benzene rings is 2. The van der Waals surface area contributed by atoms with Gasteiger partial charge in [0.1, 0.15) is 6.04 Å². The van der Waals surface area contributed by atoms with Gasteiger partial charge in [-0.2, -0.15) is 0 Å². The molecule has 0 aromatic heterocycles. The number of hydrogen-bond acceptors (Lipinski definition) is 4. The summed E-state index contributed by atoms with van der Waals surface area (Å²) in [7, 11) is -3.68. The highest BCUT2D eigenvalue weighted by molar-refractivity contribution is 9.10. The molecule has 2 atom stereocenters. The first kappa shape index (κ1) is 30.4. The van der Waals surface area contributed by atoms with Crippen LogP contribution < -0.4 is 9.62 Å². The summed E-state index contributed by atoms with van der Waals surface area (Å²) in [6, 6.07) is 11.4. The number of hydrogen-bond donors (Lipinski definition) is 1. The molecule has 2 aromatic carbocycles. The van der Waals surface area contributed by atoms with Gasteiger partial charge in [-0.25, -0.2) is 8.42 Å². The summed E-state index contributed by atoms with van der Waals surface area (Å²) in [5.41, 5.74) is 1.12. The van der Waals surface area contributed by atoms with Crippen LogP contribution in [0.3, 0.4) is 0 Å². The van der Waals surface area contributed by atoms with Crippen molar-refractivity contribution in [1.29, 1.82) is 0 Å². The molecule has 0 aliphatic heterocycles. The topological polar surface area (TPSA) is 86.8 Å². The smallest absolute Gasteiger partial charge is 0.242 e. The first-order valence-corrected chi connectivity index (χ1v) is 15.0. The predicted molar refractivity (Wildman–Crippen MR) is 150 cm³/mol. The first-order valence-electron chi connectivity index (χ1n) is 11.6. The molecule has 0 spiro atoms. The fourth-order valence-corrected chi connectivity index (χ4v) is 5.39. The highest BCUT2D eigenvalue weighted by Gasteiger charge is 2.27. The summed E-state index contributed by atoms with van der Waals surface area (Å²) in [5, 5.41) is 3.52. The molecule has 36 heavy (non-hydrogen) atoms. The SMILES string of the molecule is CC[C@H](C)NC(=O)[C@@H](C)N(Cc1cccc(Br)c1)C(=O)CCCN(c1cc(Cl)ccc1Cl)S(C)(=O)=O. The Morgan fingerprint density at radius 1 is 1.11 bits per heavy atom. The molecular weight excluding hydrogens is 589 g/mol. The average Bonchev–Trinajstić information content (AvgIpc) is 2.80. The second-order valence-corrected chi connectivity index (χ2v) is 12.3. The van der Waals surface area contributed by atoms with Gasteiger partial charge in [0.2, 0.25) is 21.8 Å². The molecule has 0 fully saturated rings. The quantitative estimate of drug-likeness (QED) is 0.333. The molecule has 0 bridgehead atoms. The zero-order valence-corrected chi connectivity index (χ0v) is 24.7. The third-order valence-corrected chi connectivity index (χ3v) is 7.97. The van der Waals surface area contributed by atoms with Crippen molar-refractivity contribution in [2.45, 2.75) is 58.7 Å². The number of anilines is 1. The lowest BCUT2D eigenvalue weighted by Gasteiger charge is -2.30. The monoisotopic (exact) mass is 619 g/mol. The van der Waals surface area contributed by atoms with Crippen molar-refractivity contribution in [3.63, 3.8) is 0 Å². The maximum atomic E-state index is 13.3. The minimum atomic E-state index is -3.68. The summed E-state index contributed by atoms with van der Waals surface area (Å²) in [5.74, 6) is -0.497. The minimum absolute atomic E-state index is 0.0199. The Morgan fingerprint density at radius 2 is 1.81 bits per heavy atom. The Bertz CT molecular complexity index is 1180. The van der Waals surface area contributed by atoms with Crippen molar-refractivity contribution in [2.75, 3.05) is 17.1 Å². The summed E-state index contributed by atoms with van der Waals surface area (Å²) in [6.45, 7) is 5.85. The lowest BCUT2D eigenvalue weighted by molar-refractivity contribution is -0.140. The molecule has 0 saturated heterocycles. The molecule has 0 radical (unpaired) electrons. The van der Waals surface area contributed by atoms with E-state index < -0.39 is 16.1 Å². The van der Waals surface area contributed by atoms with Gasteiger partial charge in [-0.05, 0) is 62.6 Å². The van der Waals surface area contributed by atoms with E-state index in [2.05, 4.69) is 21.2 Å². The van der Waals surface area contributed by atoms with Crippen LogP contribution in [0.5, 0.6) is 0 Å². The van der Waals surface area contributed by atoms with E-state index in [-0.39, 0.29) is 54.5 Å². The highest BCUT2D eigenvalue weighted by atomic mass is 79.9. The van der Waals surface area contributed by atoms with Crippen molar-refractivity contribution in [3.8, 4) is 0 Å². The molecule has 2 aromatic rings. The van der Waals surface area contributed by atoms with Gasteiger partial charge in [0, 0.05) is 35.0 Å².